The van der Waals surface area contributed by atoms with Crippen LogP contribution in [0.2, 0.25) is 0 Å². The van der Waals surface area contributed by atoms with E-state index in [-0.39, 0.29) is 17.6 Å². The molecule has 1 atom stereocenters. The van der Waals surface area contributed by atoms with Crippen LogP contribution < -0.4 is 0 Å². The van der Waals surface area contributed by atoms with Crippen LogP contribution in [-0.4, -0.2) is 39.0 Å². The van der Waals surface area contributed by atoms with Gasteiger partial charge in [-0.2, -0.15) is 4.98 Å². The third kappa shape index (κ3) is 3.72. The van der Waals surface area contributed by atoms with Gasteiger partial charge in [0.1, 0.15) is 5.82 Å². The Balaban J connectivity index is 1.49. The molecule has 138 valence electrons. The highest BCUT2D eigenvalue weighted by atomic mass is 19.1. The highest BCUT2D eigenvalue weighted by Crippen LogP contribution is 2.26. The number of aromatic nitrogens is 3. The maximum Gasteiger partial charge on any atom is 0.255 e. The van der Waals surface area contributed by atoms with Crippen LogP contribution in [0.25, 0.3) is 11.3 Å². The number of piperidine rings is 1. The molecule has 1 aliphatic heterocycles. The van der Waals surface area contributed by atoms with E-state index in [1.54, 1.807) is 42.3 Å². The lowest BCUT2D eigenvalue weighted by molar-refractivity contribution is 0.0703. The van der Waals surface area contributed by atoms with Crippen LogP contribution in [0.15, 0.2) is 47.1 Å². The van der Waals surface area contributed by atoms with Crippen molar-refractivity contribution in [2.45, 2.75) is 25.7 Å². The smallest absolute Gasteiger partial charge is 0.255 e. The second-order valence-corrected chi connectivity index (χ2v) is 6.70. The van der Waals surface area contributed by atoms with Crippen molar-refractivity contribution in [1.29, 1.82) is 0 Å². The van der Waals surface area contributed by atoms with E-state index in [4.69, 9.17) is 4.52 Å². The number of pyridine rings is 1. The third-order valence-electron chi connectivity index (χ3n) is 4.75. The van der Waals surface area contributed by atoms with Crippen molar-refractivity contribution in [1.82, 2.24) is 20.0 Å². The number of hydrogen-bond acceptors (Lipinski definition) is 5. The van der Waals surface area contributed by atoms with Gasteiger partial charge in [0, 0.05) is 37.7 Å². The lowest BCUT2D eigenvalue weighted by atomic mass is 9.97. The number of amides is 1. The second kappa shape index (κ2) is 7.26. The molecule has 0 unspecified atom stereocenters. The van der Waals surface area contributed by atoms with Crippen LogP contribution in [-0.2, 0) is 0 Å². The molecule has 1 fully saturated rings. The minimum absolute atomic E-state index is 0.0711. The van der Waals surface area contributed by atoms with Gasteiger partial charge in [0.2, 0.25) is 5.89 Å². The van der Waals surface area contributed by atoms with E-state index in [0.717, 1.165) is 12.8 Å². The van der Waals surface area contributed by atoms with Gasteiger partial charge in [-0.05, 0) is 37.1 Å². The van der Waals surface area contributed by atoms with Crippen molar-refractivity contribution in [3.63, 3.8) is 0 Å². The standard InChI is InChI=1S/C20H19FN4O2/c1-13-23-19(24-27-13)16-5-3-9-25(12-16)20(26)15-7-8-18(22-11-15)14-4-2-6-17(21)10-14/h2,4,6-8,10-11,16H,3,5,9,12H2,1H3/t16-/m0/s1. The molecule has 27 heavy (non-hydrogen) atoms. The largest absolute Gasteiger partial charge is 0.340 e. The molecule has 1 aromatic carbocycles. The zero-order chi connectivity index (χ0) is 18.8. The lowest BCUT2D eigenvalue weighted by Crippen LogP contribution is -2.39. The van der Waals surface area contributed by atoms with E-state index in [2.05, 4.69) is 15.1 Å². The Morgan fingerprint density at radius 3 is 2.89 bits per heavy atom. The number of benzene rings is 1. The Bertz CT molecular complexity index is 955. The number of aryl methyl sites for hydroxylation is 1. The molecule has 0 radical (unpaired) electrons. The summed E-state index contributed by atoms with van der Waals surface area (Å²) in [5.74, 6) is 0.888. The van der Waals surface area contributed by atoms with E-state index >= 15 is 0 Å². The van der Waals surface area contributed by atoms with Gasteiger partial charge in [-0.25, -0.2) is 4.39 Å². The summed E-state index contributed by atoms with van der Waals surface area (Å²) in [5.41, 5.74) is 1.82. The van der Waals surface area contributed by atoms with Crippen LogP contribution in [0.1, 0.15) is 40.8 Å². The molecule has 1 aliphatic rings. The number of hydrogen-bond donors (Lipinski definition) is 0. The summed E-state index contributed by atoms with van der Waals surface area (Å²) in [4.78, 5) is 23.3. The highest BCUT2D eigenvalue weighted by Gasteiger charge is 2.28. The molecular formula is C20H19FN4O2. The fourth-order valence-electron chi connectivity index (χ4n) is 3.37. The molecular weight excluding hydrogens is 347 g/mol. The molecule has 6 nitrogen and oxygen atoms in total. The Kier molecular flexibility index (Phi) is 4.66. The normalized spacial score (nSPS) is 17.1. The highest BCUT2D eigenvalue weighted by molar-refractivity contribution is 5.94. The monoisotopic (exact) mass is 366 g/mol. The first-order chi connectivity index (χ1) is 13.1. The molecule has 0 spiro atoms. The molecule has 3 aromatic rings. The van der Waals surface area contributed by atoms with Crippen LogP contribution >= 0.6 is 0 Å². The zero-order valence-corrected chi connectivity index (χ0v) is 14.9. The first-order valence-corrected chi connectivity index (χ1v) is 8.91. The fraction of sp³-hybridized carbons (Fsp3) is 0.300. The van der Waals surface area contributed by atoms with Crippen molar-refractivity contribution in [2.24, 2.45) is 0 Å². The van der Waals surface area contributed by atoms with Gasteiger partial charge in [0.15, 0.2) is 5.82 Å². The first kappa shape index (κ1) is 17.3. The van der Waals surface area contributed by atoms with Crippen LogP contribution in [0.5, 0.6) is 0 Å². The van der Waals surface area contributed by atoms with Crippen LogP contribution in [0, 0.1) is 12.7 Å². The van der Waals surface area contributed by atoms with Gasteiger partial charge >= 0.3 is 0 Å². The second-order valence-electron chi connectivity index (χ2n) is 6.70. The Labute approximate surface area is 156 Å². The summed E-state index contributed by atoms with van der Waals surface area (Å²) < 4.78 is 18.4. The predicted molar refractivity (Wildman–Crippen MR) is 96.5 cm³/mol. The maximum absolute atomic E-state index is 13.4. The first-order valence-electron chi connectivity index (χ1n) is 8.91. The third-order valence-corrected chi connectivity index (χ3v) is 4.75. The number of carbonyl (C=O) groups is 1. The SMILES string of the molecule is Cc1nc([C@H]2CCCN(C(=O)c3ccc(-c4cccc(F)c4)nc3)C2)no1. The molecule has 0 bridgehead atoms. The average molecular weight is 366 g/mol. The summed E-state index contributed by atoms with van der Waals surface area (Å²) in [6, 6.07) is 9.71. The molecule has 3 heterocycles. The lowest BCUT2D eigenvalue weighted by Gasteiger charge is -2.31. The van der Waals surface area contributed by atoms with Crippen molar-refractivity contribution in [3.8, 4) is 11.3 Å². The van der Waals surface area contributed by atoms with Gasteiger partial charge in [-0.1, -0.05) is 17.3 Å². The summed E-state index contributed by atoms with van der Waals surface area (Å²) in [5, 5.41) is 3.99. The van der Waals surface area contributed by atoms with E-state index < -0.39 is 0 Å². The van der Waals surface area contributed by atoms with Gasteiger partial charge < -0.3 is 9.42 Å². The maximum atomic E-state index is 13.4. The Morgan fingerprint density at radius 1 is 1.30 bits per heavy atom. The van der Waals surface area contributed by atoms with E-state index in [9.17, 15) is 9.18 Å². The van der Waals surface area contributed by atoms with Crippen molar-refractivity contribution >= 4 is 5.91 Å². The van der Waals surface area contributed by atoms with Crippen LogP contribution in [0.4, 0.5) is 4.39 Å². The van der Waals surface area contributed by atoms with Crippen molar-refractivity contribution in [2.75, 3.05) is 13.1 Å². The van der Waals surface area contributed by atoms with Gasteiger partial charge in [-0.15, -0.1) is 0 Å². The molecule has 4 rings (SSSR count). The average Bonchev–Trinajstić information content (AvgIpc) is 3.14. The predicted octanol–water partition coefficient (Wildman–Crippen LogP) is 3.60. The number of likely N-dealkylation sites (tertiary alicyclic amines) is 1. The Morgan fingerprint density at radius 2 is 2.19 bits per heavy atom. The van der Waals surface area contributed by atoms with Crippen molar-refractivity contribution in [3.05, 3.63) is 65.7 Å². The molecule has 0 N–H and O–H groups in total. The Hall–Kier alpha value is -3.09. The number of halogens is 1. The number of rotatable bonds is 3. The summed E-state index contributed by atoms with van der Waals surface area (Å²) in [6.45, 7) is 3.01. The van der Waals surface area contributed by atoms with Gasteiger partial charge in [-0.3, -0.25) is 9.78 Å². The molecule has 1 amide bonds. The topological polar surface area (TPSA) is 72.1 Å². The molecule has 2 aromatic heterocycles. The molecule has 0 aliphatic carbocycles. The molecule has 7 heteroatoms. The number of carbonyl (C=O) groups excluding carboxylic acids is 1. The number of nitrogens with zero attached hydrogens (tertiary/aromatic N) is 4. The van der Waals surface area contributed by atoms with E-state index in [1.807, 2.05) is 0 Å². The van der Waals surface area contributed by atoms with Gasteiger partial charge in [0.05, 0.1) is 11.3 Å². The van der Waals surface area contributed by atoms with Crippen LogP contribution in [0.3, 0.4) is 0 Å². The fourth-order valence-corrected chi connectivity index (χ4v) is 3.37. The van der Waals surface area contributed by atoms with Gasteiger partial charge in [0.25, 0.3) is 5.91 Å². The minimum atomic E-state index is -0.314. The zero-order valence-electron chi connectivity index (χ0n) is 14.9. The van der Waals surface area contributed by atoms with E-state index in [1.165, 1.54) is 12.1 Å². The molecule has 1 saturated heterocycles. The van der Waals surface area contributed by atoms with E-state index in [0.29, 0.717) is 41.6 Å². The minimum Gasteiger partial charge on any atom is -0.340 e. The quantitative estimate of drug-likeness (QED) is 0.708. The van der Waals surface area contributed by atoms with Crippen molar-refractivity contribution < 1.29 is 13.7 Å². The summed E-state index contributed by atoms with van der Waals surface area (Å²) >= 11 is 0. The molecule has 0 saturated carbocycles. The summed E-state index contributed by atoms with van der Waals surface area (Å²) in [6.07, 6.45) is 3.36. The summed E-state index contributed by atoms with van der Waals surface area (Å²) in [7, 11) is 0.